The number of aromatic nitrogens is 2. The Hall–Kier alpha value is -3.45. The molecule has 0 saturated carbocycles. The number of hydrogen-bond acceptors (Lipinski definition) is 4. The van der Waals surface area contributed by atoms with Crippen molar-refractivity contribution >= 4 is 34.8 Å². The molecule has 0 aliphatic rings. The molecule has 0 spiro atoms. The molecule has 0 radical (unpaired) electrons. The topological polar surface area (TPSA) is 93.1 Å². The first-order chi connectivity index (χ1) is 14.0. The van der Waals surface area contributed by atoms with Crippen molar-refractivity contribution in [1.29, 1.82) is 0 Å². The summed E-state index contributed by atoms with van der Waals surface area (Å²) in [6.07, 6.45) is 0.714. The van der Waals surface area contributed by atoms with E-state index in [1.165, 1.54) is 16.8 Å². The molecule has 0 fully saturated rings. The fraction of sp³-hybridized carbons (Fsp3) is 0.143. The number of nitrogens with zero attached hydrogens (tertiary/aromatic N) is 2. The highest BCUT2D eigenvalue weighted by Gasteiger charge is 2.16. The third-order valence-electron chi connectivity index (χ3n) is 4.06. The van der Waals surface area contributed by atoms with E-state index in [0.29, 0.717) is 29.4 Å². The van der Waals surface area contributed by atoms with Gasteiger partial charge in [-0.1, -0.05) is 30.7 Å². The van der Waals surface area contributed by atoms with Crippen LogP contribution in [0.4, 0.5) is 11.4 Å². The highest BCUT2D eigenvalue weighted by molar-refractivity contribution is 6.30. The molecule has 0 unspecified atom stereocenters. The van der Waals surface area contributed by atoms with Crippen molar-refractivity contribution < 1.29 is 9.59 Å². The van der Waals surface area contributed by atoms with Crippen molar-refractivity contribution in [2.75, 3.05) is 10.6 Å². The molecule has 2 aromatic carbocycles. The summed E-state index contributed by atoms with van der Waals surface area (Å²) < 4.78 is 1.24. The van der Waals surface area contributed by atoms with Gasteiger partial charge in [0, 0.05) is 23.3 Å². The molecule has 1 aromatic heterocycles. The van der Waals surface area contributed by atoms with Crippen LogP contribution >= 0.6 is 11.6 Å². The molecule has 7 nitrogen and oxygen atoms in total. The van der Waals surface area contributed by atoms with Crippen molar-refractivity contribution in [3.8, 4) is 0 Å². The van der Waals surface area contributed by atoms with Gasteiger partial charge in [-0.25, -0.2) is 4.68 Å². The second-order valence-electron chi connectivity index (χ2n) is 6.24. The SMILES string of the molecule is CCCn1nc(C(=O)Nc2ccccc2C(=O)Nc2ccc(Cl)cc2)ccc1=O. The summed E-state index contributed by atoms with van der Waals surface area (Å²) in [4.78, 5) is 37.1. The fourth-order valence-electron chi connectivity index (χ4n) is 2.65. The molecule has 148 valence electrons. The Morgan fingerprint density at radius 1 is 0.966 bits per heavy atom. The van der Waals surface area contributed by atoms with E-state index in [0.717, 1.165) is 0 Å². The second-order valence-corrected chi connectivity index (χ2v) is 6.68. The molecule has 0 bridgehead atoms. The van der Waals surface area contributed by atoms with Gasteiger partial charge in [-0.05, 0) is 48.9 Å². The Kier molecular flexibility index (Phi) is 6.41. The number of nitrogens with one attached hydrogen (secondary N) is 2. The van der Waals surface area contributed by atoms with Crippen molar-refractivity contribution in [2.45, 2.75) is 19.9 Å². The van der Waals surface area contributed by atoms with Crippen LogP contribution in [-0.2, 0) is 6.54 Å². The molecule has 0 atom stereocenters. The van der Waals surface area contributed by atoms with Gasteiger partial charge in [0.05, 0.1) is 11.3 Å². The van der Waals surface area contributed by atoms with E-state index in [1.807, 2.05) is 6.92 Å². The van der Waals surface area contributed by atoms with Crippen LogP contribution in [0.15, 0.2) is 65.5 Å². The maximum absolute atomic E-state index is 12.7. The number of para-hydroxylation sites is 1. The number of carbonyl (C=O) groups is 2. The minimum atomic E-state index is -0.512. The predicted octanol–water partition coefficient (Wildman–Crippen LogP) is 3.81. The molecule has 0 aliphatic heterocycles. The van der Waals surface area contributed by atoms with Crippen LogP contribution < -0.4 is 16.2 Å². The molecule has 2 amide bonds. The van der Waals surface area contributed by atoms with E-state index < -0.39 is 5.91 Å². The van der Waals surface area contributed by atoms with Gasteiger partial charge in [0.25, 0.3) is 17.4 Å². The zero-order chi connectivity index (χ0) is 20.8. The fourth-order valence-corrected chi connectivity index (χ4v) is 2.78. The number of halogens is 1. The van der Waals surface area contributed by atoms with E-state index in [4.69, 9.17) is 11.6 Å². The number of aryl methyl sites for hydroxylation is 1. The van der Waals surface area contributed by atoms with E-state index >= 15 is 0 Å². The zero-order valence-corrected chi connectivity index (χ0v) is 16.4. The minimum Gasteiger partial charge on any atom is -0.322 e. The van der Waals surface area contributed by atoms with Crippen LogP contribution in [0.5, 0.6) is 0 Å². The van der Waals surface area contributed by atoms with Crippen LogP contribution in [0.1, 0.15) is 34.2 Å². The normalized spacial score (nSPS) is 10.4. The lowest BCUT2D eigenvalue weighted by Gasteiger charge is -2.12. The third-order valence-corrected chi connectivity index (χ3v) is 4.31. The summed E-state index contributed by atoms with van der Waals surface area (Å²) >= 11 is 5.86. The number of amides is 2. The van der Waals surface area contributed by atoms with Crippen molar-refractivity contribution in [3.05, 3.63) is 87.3 Å². The van der Waals surface area contributed by atoms with Crippen molar-refractivity contribution in [1.82, 2.24) is 9.78 Å². The Labute approximate surface area is 172 Å². The second kappa shape index (κ2) is 9.16. The quantitative estimate of drug-likeness (QED) is 0.646. The van der Waals surface area contributed by atoms with Crippen LogP contribution in [0.25, 0.3) is 0 Å². The first kappa shape index (κ1) is 20.3. The maximum atomic E-state index is 12.7. The Bertz CT molecular complexity index is 1090. The number of anilines is 2. The summed E-state index contributed by atoms with van der Waals surface area (Å²) in [6, 6.07) is 16.0. The van der Waals surface area contributed by atoms with Crippen LogP contribution in [0.2, 0.25) is 5.02 Å². The van der Waals surface area contributed by atoms with Gasteiger partial charge in [-0.15, -0.1) is 0 Å². The van der Waals surface area contributed by atoms with E-state index in [1.54, 1.807) is 48.5 Å². The minimum absolute atomic E-state index is 0.0889. The lowest BCUT2D eigenvalue weighted by Crippen LogP contribution is -2.26. The Balaban J connectivity index is 1.80. The first-order valence-electron chi connectivity index (χ1n) is 9.03. The van der Waals surface area contributed by atoms with Crippen LogP contribution in [-0.4, -0.2) is 21.6 Å². The van der Waals surface area contributed by atoms with Gasteiger partial charge in [0.2, 0.25) is 0 Å². The zero-order valence-electron chi connectivity index (χ0n) is 15.7. The molecule has 3 aromatic rings. The molecule has 3 rings (SSSR count). The number of rotatable bonds is 6. The molecular formula is C21H19ClN4O3. The molecule has 2 N–H and O–H groups in total. The summed E-state index contributed by atoms with van der Waals surface area (Å²) in [5, 5.41) is 10.1. The van der Waals surface area contributed by atoms with Crippen molar-refractivity contribution in [2.24, 2.45) is 0 Å². The summed E-state index contributed by atoms with van der Waals surface area (Å²) in [5.41, 5.74) is 1.02. The third kappa shape index (κ3) is 5.08. The van der Waals surface area contributed by atoms with Crippen molar-refractivity contribution in [3.63, 3.8) is 0 Å². The summed E-state index contributed by atoms with van der Waals surface area (Å²) in [7, 11) is 0. The van der Waals surface area contributed by atoms with Gasteiger partial charge in [-0.2, -0.15) is 5.10 Å². The Morgan fingerprint density at radius 2 is 1.69 bits per heavy atom. The highest BCUT2D eigenvalue weighted by Crippen LogP contribution is 2.19. The van der Waals surface area contributed by atoms with Gasteiger partial charge in [0.1, 0.15) is 5.69 Å². The van der Waals surface area contributed by atoms with Gasteiger partial charge in [0.15, 0.2) is 0 Å². The molecule has 0 aliphatic carbocycles. The molecule has 29 heavy (non-hydrogen) atoms. The molecular weight excluding hydrogens is 392 g/mol. The van der Waals surface area contributed by atoms with Crippen LogP contribution in [0, 0.1) is 0 Å². The lowest BCUT2D eigenvalue weighted by atomic mass is 10.1. The smallest absolute Gasteiger partial charge is 0.276 e. The van der Waals surface area contributed by atoms with Gasteiger partial charge in [-0.3, -0.25) is 14.4 Å². The van der Waals surface area contributed by atoms with Gasteiger partial charge < -0.3 is 10.6 Å². The average Bonchev–Trinajstić information content (AvgIpc) is 2.72. The largest absolute Gasteiger partial charge is 0.322 e. The predicted molar refractivity (Wildman–Crippen MR) is 113 cm³/mol. The monoisotopic (exact) mass is 410 g/mol. The first-order valence-corrected chi connectivity index (χ1v) is 9.41. The number of carbonyl (C=O) groups excluding carboxylic acids is 2. The van der Waals surface area contributed by atoms with Crippen LogP contribution in [0.3, 0.4) is 0 Å². The number of benzene rings is 2. The average molecular weight is 411 g/mol. The number of hydrogen-bond donors (Lipinski definition) is 2. The van der Waals surface area contributed by atoms with E-state index in [9.17, 15) is 14.4 Å². The molecule has 0 saturated heterocycles. The standard InChI is InChI=1S/C21H19ClN4O3/c1-2-13-26-19(27)12-11-18(25-26)21(29)24-17-6-4-3-5-16(17)20(28)23-15-9-7-14(22)8-10-15/h3-12H,2,13H2,1H3,(H,23,28)(H,24,29). The maximum Gasteiger partial charge on any atom is 0.276 e. The lowest BCUT2D eigenvalue weighted by molar-refractivity contribution is 0.101. The highest BCUT2D eigenvalue weighted by atomic mass is 35.5. The summed E-state index contributed by atoms with van der Waals surface area (Å²) in [5.74, 6) is -0.895. The Morgan fingerprint density at radius 3 is 2.41 bits per heavy atom. The van der Waals surface area contributed by atoms with E-state index in [-0.39, 0.29) is 22.7 Å². The van der Waals surface area contributed by atoms with Gasteiger partial charge >= 0.3 is 0 Å². The molecule has 8 heteroatoms. The van der Waals surface area contributed by atoms with E-state index in [2.05, 4.69) is 15.7 Å². The summed E-state index contributed by atoms with van der Waals surface area (Å²) in [6.45, 7) is 2.33. The molecule has 1 heterocycles.